The molecule has 0 saturated carbocycles. The van der Waals surface area contributed by atoms with Gasteiger partial charge in [0.1, 0.15) is 18.5 Å². The highest BCUT2D eigenvalue weighted by Gasteiger charge is 2.16. The number of hydrogen-bond acceptors (Lipinski definition) is 3. The van der Waals surface area contributed by atoms with Gasteiger partial charge in [0.05, 0.1) is 6.61 Å². The molecule has 4 heteroatoms. The quantitative estimate of drug-likeness (QED) is 0.847. The van der Waals surface area contributed by atoms with Crippen molar-refractivity contribution in [1.82, 2.24) is 0 Å². The van der Waals surface area contributed by atoms with Gasteiger partial charge in [-0.05, 0) is 28.7 Å². The van der Waals surface area contributed by atoms with Crippen molar-refractivity contribution in [3.05, 3.63) is 29.3 Å². The summed E-state index contributed by atoms with van der Waals surface area (Å²) in [5.74, 6) is 0.572. The van der Waals surface area contributed by atoms with E-state index in [4.69, 9.17) is 10.5 Å². The van der Waals surface area contributed by atoms with Crippen molar-refractivity contribution in [3.8, 4) is 5.75 Å². The zero-order valence-electron chi connectivity index (χ0n) is 11.2. The smallest absolute Gasteiger partial charge is 0.146 e. The van der Waals surface area contributed by atoms with E-state index >= 15 is 0 Å². The van der Waals surface area contributed by atoms with E-state index in [0.717, 1.165) is 11.1 Å². The lowest BCUT2D eigenvalue weighted by molar-refractivity contribution is 0.200. The average Bonchev–Trinajstić information content (AvgIpc) is 2.34. The molecule has 0 aromatic heterocycles. The third kappa shape index (κ3) is 4.27. The highest BCUT2D eigenvalue weighted by molar-refractivity contribution is 5.37. The monoisotopic (exact) mass is 255 g/mol. The van der Waals surface area contributed by atoms with E-state index in [0.29, 0.717) is 5.75 Å². The Labute approximate surface area is 108 Å². The van der Waals surface area contributed by atoms with Crippen LogP contribution in [0, 0.1) is 0 Å². The molecule has 102 valence electrons. The lowest BCUT2D eigenvalue weighted by Crippen LogP contribution is -2.22. The summed E-state index contributed by atoms with van der Waals surface area (Å²) >= 11 is 0. The molecule has 0 amide bonds. The van der Waals surface area contributed by atoms with Crippen LogP contribution in [-0.4, -0.2) is 24.4 Å². The van der Waals surface area contributed by atoms with Gasteiger partial charge in [0.2, 0.25) is 0 Å². The van der Waals surface area contributed by atoms with Crippen LogP contribution in [0.3, 0.4) is 0 Å². The van der Waals surface area contributed by atoms with Gasteiger partial charge in [0.15, 0.2) is 0 Å². The van der Waals surface area contributed by atoms with E-state index in [-0.39, 0.29) is 25.2 Å². The molecule has 0 spiro atoms. The van der Waals surface area contributed by atoms with Crippen molar-refractivity contribution in [2.45, 2.75) is 39.0 Å². The van der Waals surface area contributed by atoms with Crippen molar-refractivity contribution < 1.29 is 14.2 Å². The summed E-state index contributed by atoms with van der Waals surface area (Å²) in [5, 5.41) is 9.23. The van der Waals surface area contributed by atoms with Gasteiger partial charge < -0.3 is 15.6 Å². The van der Waals surface area contributed by atoms with Crippen molar-refractivity contribution in [1.29, 1.82) is 0 Å². The largest absolute Gasteiger partial charge is 0.490 e. The maximum Gasteiger partial charge on any atom is 0.146 e. The van der Waals surface area contributed by atoms with Gasteiger partial charge in [-0.25, -0.2) is 4.39 Å². The lowest BCUT2D eigenvalue weighted by atomic mass is 9.86. The summed E-state index contributed by atoms with van der Waals surface area (Å²) in [5.41, 5.74) is 6.96. The van der Waals surface area contributed by atoms with Gasteiger partial charge in [-0.3, -0.25) is 0 Å². The van der Waals surface area contributed by atoms with E-state index < -0.39 is 6.17 Å². The standard InChI is InChI=1S/C14H22FNO2/c1-14(2,3)11-4-10(8-17)5-13(6-11)18-9-12(15)7-16/h4-6,12,17H,7-9,16H2,1-3H3/t12-/m1/s1. The average molecular weight is 255 g/mol. The minimum absolute atomic E-state index is 0.0493. The predicted molar refractivity (Wildman–Crippen MR) is 70.5 cm³/mol. The summed E-state index contributed by atoms with van der Waals surface area (Å²) in [6.45, 7) is 6.05. The van der Waals surface area contributed by atoms with Gasteiger partial charge in [0, 0.05) is 6.54 Å². The van der Waals surface area contributed by atoms with E-state index in [1.165, 1.54) is 0 Å². The second-order valence-electron chi connectivity index (χ2n) is 5.42. The molecule has 0 saturated heterocycles. The minimum Gasteiger partial charge on any atom is -0.490 e. The maximum absolute atomic E-state index is 13.0. The van der Waals surface area contributed by atoms with Gasteiger partial charge in [-0.15, -0.1) is 0 Å². The predicted octanol–water partition coefficient (Wildman–Crippen LogP) is 2.15. The molecule has 3 nitrogen and oxygen atoms in total. The minimum atomic E-state index is -1.17. The fourth-order valence-corrected chi connectivity index (χ4v) is 1.52. The molecule has 0 fully saturated rings. The number of nitrogens with two attached hydrogens (primary N) is 1. The summed E-state index contributed by atoms with van der Waals surface area (Å²) < 4.78 is 18.4. The van der Waals surface area contributed by atoms with E-state index in [1.807, 2.05) is 12.1 Å². The first-order chi connectivity index (χ1) is 8.36. The number of halogens is 1. The Bertz CT molecular complexity index is 388. The highest BCUT2D eigenvalue weighted by atomic mass is 19.1. The molecular weight excluding hydrogens is 233 g/mol. The molecular formula is C14H22FNO2. The van der Waals surface area contributed by atoms with Crippen LogP contribution in [0.25, 0.3) is 0 Å². The fraction of sp³-hybridized carbons (Fsp3) is 0.571. The Hall–Kier alpha value is -1.13. The number of aliphatic hydroxyl groups excluding tert-OH is 1. The van der Waals surface area contributed by atoms with Crippen molar-refractivity contribution in [2.24, 2.45) is 5.73 Å². The Kier molecular flexibility index (Phi) is 5.11. The Morgan fingerprint density at radius 2 is 2.00 bits per heavy atom. The molecule has 1 aromatic carbocycles. The molecule has 0 radical (unpaired) electrons. The third-order valence-electron chi connectivity index (χ3n) is 2.70. The highest BCUT2D eigenvalue weighted by Crippen LogP contribution is 2.27. The van der Waals surface area contributed by atoms with Crippen LogP contribution in [0.15, 0.2) is 18.2 Å². The topological polar surface area (TPSA) is 55.5 Å². The summed E-state index contributed by atoms with van der Waals surface area (Å²) in [6, 6.07) is 5.53. The van der Waals surface area contributed by atoms with Crippen molar-refractivity contribution >= 4 is 0 Å². The maximum atomic E-state index is 13.0. The second-order valence-corrected chi connectivity index (χ2v) is 5.42. The molecule has 0 aliphatic heterocycles. The van der Waals surface area contributed by atoms with Gasteiger partial charge in [-0.1, -0.05) is 26.8 Å². The molecule has 18 heavy (non-hydrogen) atoms. The van der Waals surface area contributed by atoms with Gasteiger partial charge in [0.25, 0.3) is 0 Å². The van der Waals surface area contributed by atoms with Crippen LogP contribution >= 0.6 is 0 Å². The van der Waals surface area contributed by atoms with Crippen LogP contribution < -0.4 is 10.5 Å². The third-order valence-corrected chi connectivity index (χ3v) is 2.70. The summed E-state index contributed by atoms with van der Waals surface area (Å²) in [7, 11) is 0. The van der Waals surface area contributed by atoms with Crippen LogP contribution in [0.4, 0.5) is 4.39 Å². The Balaban J connectivity index is 2.91. The number of hydrogen-bond donors (Lipinski definition) is 2. The van der Waals surface area contributed by atoms with E-state index in [1.54, 1.807) is 6.07 Å². The molecule has 1 rings (SSSR count). The molecule has 0 aliphatic rings. The van der Waals surface area contributed by atoms with Crippen LogP contribution in [0.1, 0.15) is 31.9 Å². The first kappa shape index (κ1) is 14.9. The zero-order chi connectivity index (χ0) is 13.8. The van der Waals surface area contributed by atoms with E-state index in [9.17, 15) is 9.50 Å². The second kappa shape index (κ2) is 6.16. The number of benzene rings is 1. The van der Waals surface area contributed by atoms with Crippen molar-refractivity contribution in [2.75, 3.05) is 13.2 Å². The summed E-state index contributed by atoms with van der Waals surface area (Å²) in [6.07, 6.45) is -1.17. The molecule has 1 atom stereocenters. The molecule has 0 bridgehead atoms. The number of rotatable bonds is 5. The molecule has 1 aromatic rings. The van der Waals surface area contributed by atoms with Crippen molar-refractivity contribution in [3.63, 3.8) is 0 Å². The normalized spacial score (nSPS) is 13.4. The van der Waals surface area contributed by atoms with Crippen LogP contribution in [0.2, 0.25) is 0 Å². The number of aliphatic hydroxyl groups is 1. The number of alkyl halides is 1. The fourth-order valence-electron chi connectivity index (χ4n) is 1.52. The summed E-state index contributed by atoms with van der Waals surface area (Å²) in [4.78, 5) is 0. The molecule has 0 aliphatic carbocycles. The zero-order valence-corrected chi connectivity index (χ0v) is 11.2. The van der Waals surface area contributed by atoms with E-state index in [2.05, 4.69) is 20.8 Å². The first-order valence-corrected chi connectivity index (χ1v) is 6.09. The Morgan fingerprint density at radius 3 is 2.50 bits per heavy atom. The van der Waals surface area contributed by atoms with Gasteiger partial charge >= 0.3 is 0 Å². The van der Waals surface area contributed by atoms with Crippen LogP contribution in [-0.2, 0) is 12.0 Å². The molecule has 0 unspecified atom stereocenters. The molecule has 3 N–H and O–H groups in total. The first-order valence-electron chi connectivity index (χ1n) is 6.09. The van der Waals surface area contributed by atoms with Crippen LogP contribution in [0.5, 0.6) is 5.75 Å². The Morgan fingerprint density at radius 1 is 1.33 bits per heavy atom. The molecule has 0 heterocycles. The van der Waals surface area contributed by atoms with Gasteiger partial charge in [-0.2, -0.15) is 0 Å². The lowest BCUT2D eigenvalue weighted by Gasteiger charge is -2.21. The SMILES string of the molecule is CC(C)(C)c1cc(CO)cc(OC[C@H](F)CN)c1. The number of ether oxygens (including phenoxy) is 1.